The number of furan rings is 1. The molecule has 0 aromatic carbocycles. The maximum absolute atomic E-state index is 12.3. The number of tetrazole rings is 1. The summed E-state index contributed by atoms with van der Waals surface area (Å²) in [6.07, 6.45) is 4.01. The van der Waals surface area contributed by atoms with E-state index in [0.717, 1.165) is 30.9 Å². The standard InChI is InChI=1S/C15H18N8O2/c1-2-12-17-18-13-6-5-10(8-22(12)13)16-14(24)9-23-20-15(19-21-23)11-4-3-7-25-11/h3-4,7,10H,2,5-6,8-9H2,1H3,(H,16,24)/t10-/m0/s1. The molecular weight excluding hydrogens is 324 g/mol. The summed E-state index contributed by atoms with van der Waals surface area (Å²) in [7, 11) is 0. The van der Waals surface area contributed by atoms with Crippen molar-refractivity contribution >= 4 is 5.91 Å². The number of amides is 1. The third-order valence-corrected chi connectivity index (χ3v) is 4.18. The molecule has 1 aliphatic heterocycles. The third-order valence-electron chi connectivity index (χ3n) is 4.18. The highest BCUT2D eigenvalue weighted by Crippen LogP contribution is 2.16. The fraction of sp³-hybridized carbons (Fsp3) is 0.467. The molecule has 1 atom stereocenters. The SMILES string of the molecule is CCc1nnc2n1C[C@@H](NC(=O)Cn1nnc(-c3ccco3)n1)CC2. The van der Waals surface area contributed by atoms with E-state index in [4.69, 9.17) is 4.42 Å². The van der Waals surface area contributed by atoms with E-state index in [1.807, 2.05) is 6.92 Å². The van der Waals surface area contributed by atoms with Gasteiger partial charge < -0.3 is 14.3 Å². The van der Waals surface area contributed by atoms with E-state index in [9.17, 15) is 4.79 Å². The van der Waals surface area contributed by atoms with Gasteiger partial charge >= 0.3 is 0 Å². The Morgan fingerprint density at radius 2 is 2.32 bits per heavy atom. The molecule has 1 N–H and O–H groups in total. The Morgan fingerprint density at radius 3 is 3.12 bits per heavy atom. The van der Waals surface area contributed by atoms with Crippen molar-refractivity contribution in [3.05, 3.63) is 30.0 Å². The Bertz CT molecular complexity index is 853. The third kappa shape index (κ3) is 3.14. The minimum Gasteiger partial charge on any atom is -0.461 e. The lowest BCUT2D eigenvalue weighted by molar-refractivity contribution is -0.123. The Labute approximate surface area is 143 Å². The van der Waals surface area contributed by atoms with Crippen LogP contribution in [0.3, 0.4) is 0 Å². The Morgan fingerprint density at radius 1 is 1.40 bits per heavy atom. The average Bonchev–Trinajstić information content (AvgIpc) is 3.34. The number of aryl methyl sites for hydroxylation is 2. The minimum absolute atomic E-state index is 0.0138. The molecule has 4 heterocycles. The number of carbonyl (C=O) groups excluding carboxylic acids is 1. The van der Waals surface area contributed by atoms with Crippen LogP contribution in [0.2, 0.25) is 0 Å². The topological polar surface area (TPSA) is 117 Å². The highest BCUT2D eigenvalue weighted by molar-refractivity contribution is 5.75. The van der Waals surface area contributed by atoms with E-state index >= 15 is 0 Å². The van der Waals surface area contributed by atoms with Crippen molar-refractivity contribution in [2.75, 3.05) is 0 Å². The van der Waals surface area contributed by atoms with Gasteiger partial charge in [0.1, 0.15) is 18.2 Å². The molecule has 0 spiro atoms. The normalized spacial score (nSPS) is 16.6. The molecule has 0 fully saturated rings. The molecule has 0 bridgehead atoms. The molecule has 3 aromatic heterocycles. The van der Waals surface area contributed by atoms with Gasteiger partial charge in [0.2, 0.25) is 11.7 Å². The first kappa shape index (κ1) is 15.5. The molecule has 1 amide bonds. The summed E-state index contributed by atoms with van der Waals surface area (Å²) in [4.78, 5) is 13.5. The van der Waals surface area contributed by atoms with Gasteiger partial charge in [0.05, 0.1) is 6.26 Å². The molecule has 10 nitrogen and oxygen atoms in total. The van der Waals surface area contributed by atoms with Crippen LogP contribution in [0.25, 0.3) is 11.6 Å². The molecule has 0 aliphatic carbocycles. The lowest BCUT2D eigenvalue weighted by Crippen LogP contribution is -2.42. The summed E-state index contributed by atoms with van der Waals surface area (Å²) in [6.45, 7) is 2.76. The first-order valence-corrected chi connectivity index (χ1v) is 8.25. The lowest BCUT2D eigenvalue weighted by atomic mass is 10.1. The van der Waals surface area contributed by atoms with Crippen molar-refractivity contribution in [3.8, 4) is 11.6 Å². The van der Waals surface area contributed by atoms with Crippen LogP contribution in [0, 0.1) is 0 Å². The molecule has 0 saturated carbocycles. The van der Waals surface area contributed by atoms with E-state index in [1.54, 1.807) is 12.1 Å². The van der Waals surface area contributed by atoms with Gasteiger partial charge in [0.25, 0.3) is 0 Å². The summed E-state index contributed by atoms with van der Waals surface area (Å²) in [5.74, 6) is 2.67. The van der Waals surface area contributed by atoms with Gasteiger partial charge in [-0.15, -0.1) is 20.4 Å². The lowest BCUT2D eigenvalue weighted by Gasteiger charge is -2.25. The van der Waals surface area contributed by atoms with Crippen molar-refractivity contribution < 1.29 is 9.21 Å². The van der Waals surface area contributed by atoms with Crippen LogP contribution in [0.1, 0.15) is 25.0 Å². The molecule has 130 valence electrons. The maximum Gasteiger partial charge on any atom is 0.243 e. The summed E-state index contributed by atoms with van der Waals surface area (Å²) < 4.78 is 7.31. The minimum atomic E-state index is -0.150. The van der Waals surface area contributed by atoms with Crippen LogP contribution >= 0.6 is 0 Å². The quantitative estimate of drug-likeness (QED) is 0.705. The summed E-state index contributed by atoms with van der Waals surface area (Å²) >= 11 is 0. The number of nitrogens with one attached hydrogen (secondary N) is 1. The number of hydrogen-bond donors (Lipinski definition) is 1. The Hall–Kier alpha value is -3.04. The van der Waals surface area contributed by atoms with E-state index in [1.165, 1.54) is 11.1 Å². The van der Waals surface area contributed by atoms with Crippen LogP contribution in [-0.2, 0) is 30.7 Å². The summed E-state index contributed by atoms with van der Waals surface area (Å²) in [5, 5.41) is 23.3. The zero-order chi connectivity index (χ0) is 17.2. The second kappa shape index (κ2) is 6.46. The number of hydrogen-bond acceptors (Lipinski definition) is 7. The van der Waals surface area contributed by atoms with Crippen LogP contribution in [0.5, 0.6) is 0 Å². The number of rotatable bonds is 5. The maximum atomic E-state index is 12.3. The van der Waals surface area contributed by atoms with Gasteiger partial charge in [-0.25, -0.2) is 0 Å². The zero-order valence-corrected chi connectivity index (χ0v) is 13.8. The van der Waals surface area contributed by atoms with Crippen molar-refractivity contribution in [1.82, 2.24) is 40.3 Å². The van der Waals surface area contributed by atoms with Crippen LogP contribution < -0.4 is 5.32 Å². The van der Waals surface area contributed by atoms with Gasteiger partial charge in [-0.3, -0.25) is 4.79 Å². The number of carbonyl (C=O) groups is 1. The van der Waals surface area contributed by atoms with Gasteiger partial charge in [-0.1, -0.05) is 6.92 Å². The number of nitrogens with zero attached hydrogens (tertiary/aromatic N) is 7. The van der Waals surface area contributed by atoms with Gasteiger partial charge in [0.15, 0.2) is 5.76 Å². The molecule has 0 unspecified atom stereocenters. The van der Waals surface area contributed by atoms with Crippen LogP contribution in [0.15, 0.2) is 22.8 Å². The van der Waals surface area contributed by atoms with Crippen molar-refractivity contribution in [2.24, 2.45) is 0 Å². The second-order valence-electron chi connectivity index (χ2n) is 5.92. The highest BCUT2D eigenvalue weighted by Gasteiger charge is 2.23. The summed E-state index contributed by atoms with van der Waals surface area (Å²) in [6, 6.07) is 3.54. The molecule has 1 aliphatic rings. The predicted molar refractivity (Wildman–Crippen MR) is 85.2 cm³/mol. The zero-order valence-electron chi connectivity index (χ0n) is 13.8. The summed E-state index contributed by atoms with van der Waals surface area (Å²) in [5.41, 5.74) is 0. The van der Waals surface area contributed by atoms with Crippen LogP contribution in [0.4, 0.5) is 0 Å². The van der Waals surface area contributed by atoms with Crippen molar-refractivity contribution in [1.29, 1.82) is 0 Å². The average molecular weight is 342 g/mol. The van der Waals surface area contributed by atoms with E-state index in [2.05, 4.69) is 35.5 Å². The van der Waals surface area contributed by atoms with Crippen molar-refractivity contribution in [2.45, 2.75) is 45.3 Å². The van der Waals surface area contributed by atoms with Gasteiger partial charge in [-0.05, 0) is 23.8 Å². The Balaban J connectivity index is 1.37. The van der Waals surface area contributed by atoms with E-state index < -0.39 is 0 Å². The van der Waals surface area contributed by atoms with E-state index in [-0.39, 0.29) is 18.5 Å². The van der Waals surface area contributed by atoms with Gasteiger partial charge in [0, 0.05) is 25.4 Å². The smallest absolute Gasteiger partial charge is 0.243 e. The predicted octanol–water partition coefficient (Wildman–Crippen LogP) is 0.218. The molecule has 0 radical (unpaired) electrons. The molecule has 3 aromatic rings. The first-order chi connectivity index (χ1) is 12.2. The number of aromatic nitrogens is 7. The molecule has 0 saturated heterocycles. The van der Waals surface area contributed by atoms with Crippen LogP contribution in [-0.4, -0.2) is 46.9 Å². The monoisotopic (exact) mass is 342 g/mol. The highest BCUT2D eigenvalue weighted by atomic mass is 16.3. The molecule has 4 rings (SSSR count). The first-order valence-electron chi connectivity index (χ1n) is 8.25. The fourth-order valence-corrected chi connectivity index (χ4v) is 2.98. The molecule has 25 heavy (non-hydrogen) atoms. The van der Waals surface area contributed by atoms with Crippen molar-refractivity contribution in [3.63, 3.8) is 0 Å². The largest absolute Gasteiger partial charge is 0.461 e. The van der Waals surface area contributed by atoms with E-state index in [0.29, 0.717) is 18.1 Å². The second-order valence-corrected chi connectivity index (χ2v) is 5.92. The Kier molecular flexibility index (Phi) is 4.00. The van der Waals surface area contributed by atoms with Gasteiger partial charge in [-0.2, -0.15) is 4.80 Å². The number of fused-ring (bicyclic) bond motifs is 1. The molecule has 10 heteroatoms. The molecular formula is C15H18N8O2. The fourth-order valence-electron chi connectivity index (χ4n) is 2.98.